The Labute approximate surface area is 195 Å². The number of nitrogens with zero attached hydrogens (tertiary/aromatic N) is 1. The summed E-state index contributed by atoms with van der Waals surface area (Å²) in [6.07, 6.45) is 11.3. The monoisotopic (exact) mass is 444 g/mol. The predicted molar refractivity (Wildman–Crippen MR) is 133 cm³/mol. The third-order valence-electron chi connectivity index (χ3n) is 7.14. The van der Waals surface area contributed by atoms with E-state index in [1.807, 2.05) is 24.0 Å². The SMILES string of the molecule is C#CCNC(=O)c1ccc2c(c1)/C(=C/c1[nH]c(C)c(C)c1C)C(=O)N2CC1CCC(N)CC1. The minimum atomic E-state index is -0.245. The molecule has 1 aromatic heterocycles. The summed E-state index contributed by atoms with van der Waals surface area (Å²) in [4.78, 5) is 31.5. The van der Waals surface area contributed by atoms with Gasteiger partial charge >= 0.3 is 0 Å². The molecular weight excluding hydrogens is 412 g/mol. The van der Waals surface area contributed by atoms with E-state index in [9.17, 15) is 9.59 Å². The van der Waals surface area contributed by atoms with Crippen molar-refractivity contribution in [1.29, 1.82) is 0 Å². The van der Waals surface area contributed by atoms with Gasteiger partial charge in [-0.1, -0.05) is 5.92 Å². The summed E-state index contributed by atoms with van der Waals surface area (Å²) in [6.45, 7) is 6.98. The molecule has 0 radical (unpaired) electrons. The maximum atomic E-state index is 13.7. The van der Waals surface area contributed by atoms with Crippen LogP contribution in [0, 0.1) is 39.0 Å². The molecule has 2 heterocycles. The van der Waals surface area contributed by atoms with Crippen LogP contribution >= 0.6 is 0 Å². The summed E-state index contributed by atoms with van der Waals surface area (Å²) in [5.74, 6) is 2.58. The second-order valence-electron chi connectivity index (χ2n) is 9.29. The Hall–Kier alpha value is -3.30. The number of terminal acetylenes is 1. The minimum absolute atomic E-state index is 0.0228. The molecule has 1 aromatic carbocycles. The number of anilines is 1. The van der Waals surface area contributed by atoms with E-state index in [0.717, 1.165) is 53.9 Å². The van der Waals surface area contributed by atoms with Gasteiger partial charge in [-0.2, -0.15) is 0 Å². The Bertz CT molecular complexity index is 1160. The van der Waals surface area contributed by atoms with E-state index in [-0.39, 0.29) is 24.4 Å². The molecule has 2 aliphatic rings. The summed E-state index contributed by atoms with van der Waals surface area (Å²) < 4.78 is 0. The lowest BCUT2D eigenvalue weighted by Crippen LogP contribution is -2.36. The predicted octanol–water partition coefficient (Wildman–Crippen LogP) is 3.71. The van der Waals surface area contributed by atoms with Gasteiger partial charge in [-0.05, 0) is 87.8 Å². The van der Waals surface area contributed by atoms with Crippen molar-refractivity contribution in [2.75, 3.05) is 18.0 Å². The highest BCUT2D eigenvalue weighted by atomic mass is 16.2. The number of rotatable bonds is 5. The molecule has 1 saturated carbocycles. The maximum Gasteiger partial charge on any atom is 0.259 e. The molecule has 0 unspecified atom stereocenters. The Balaban J connectivity index is 1.73. The third-order valence-corrected chi connectivity index (χ3v) is 7.14. The molecule has 4 rings (SSSR count). The second kappa shape index (κ2) is 9.29. The zero-order valence-corrected chi connectivity index (χ0v) is 19.6. The van der Waals surface area contributed by atoms with E-state index >= 15 is 0 Å². The van der Waals surface area contributed by atoms with Crippen molar-refractivity contribution in [2.24, 2.45) is 11.7 Å². The van der Waals surface area contributed by atoms with Crippen molar-refractivity contribution in [3.05, 3.63) is 51.8 Å². The van der Waals surface area contributed by atoms with E-state index < -0.39 is 0 Å². The van der Waals surface area contributed by atoms with Gasteiger partial charge in [0.1, 0.15) is 0 Å². The van der Waals surface area contributed by atoms with Gasteiger partial charge in [0.15, 0.2) is 0 Å². The maximum absolute atomic E-state index is 13.7. The average molecular weight is 445 g/mol. The van der Waals surface area contributed by atoms with E-state index in [1.54, 1.807) is 12.1 Å². The molecular formula is C27H32N4O2. The van der Waals surface area contributed by atoms with E-state index in [2.05, 4.69) is 30.1 Å². The van der Waals surface area contributed by atoms with E-state index in [4.69, 9.17) is 12.2 Å². The molecule has 0 atom stereocenters. The summed E-state index contributed by atoms with van der Waals surface area (Å²) in [5.41, 5.74) is 13.1. The number of amides is 2. The number of nitrogens with two attached hydrogens (primary N) is 1. The molecule has 0 saturated heterocycles. The van der Waals surface area contributed by atoms with Crippen LogP contribution in [-0.4, -0.2) is 35.9 Å². The molecule has 2 amide bonds. The highest BCUT2D eigenvalue weighted by molar-refractivity contribution is 6.36. The lowest BCUT2D eigenvalue weighted by molar-refractivity contribution is -0.113. The number of fused-ring (bicyclic) bond motifs is 1. The van der Waals surface area contributed by atoms with Crippen molar-refractivity contribution in [2.45, 2.75) is 52.5 Å². The van der Waals surface area contributed by atoms with Crippen LogP contribution in [0.4, 0.5) is 5.69 Å². The van der Waals surface area contributed by atoms with Gasteiger partial charge in [0.05, 0.1) is 17.8 Å². The molecule has 1 fully saturated rings. The number of carbonyl (C=O) groups is 2. The molecule has 6 heteroatoms. The van der Waals surface area contributed by atoms with Crippen molar-refractivity contribution in [3.63, 3.8) is 0 Å². The number of hydrogen-bond acceptors (Lipinski definition) is 3. The standard InChI is InChI=1S/C27H32N4O2/c1-5-12-29-26(32)20-8-11-25-22(13-20)23(14-24-17(3)16(2)18(4)30-24)27(33)31(25)15-19-6-9-21(28)10-7-19/h1,8,11,13-14,19,21,30H,6-7,9-10,12,15,28H2,2-4H3,(H,29,32)/b23-14-. The Morgan fingerprint density at radius 1 is 1.24 bits per heavy atom. The number of aryl methyl sites for hydroxylation is 1. The largest absolute Gasteiger partial charge is 0.359 e. The Morgan fingerprint density at radius 3 is 2.61 bits per heavy atom. The molecule has 6 nitrogen and oxygen atoms in total. The van der Waals surface area contributed by atoms with Gasteiger partial charge in [-0.25, -0.2) is 0 Å². The minimum Gasteiger partial charge on any atom is -0.359 e. The number of benzene rings is 1. The molecule has 1 aliphatic heterocycles. The van der Waals surface area contributed by atoms with Crippen LogP contribution in [0.15, 0.2) is 18.2 Å². The van der Waals surface area contributed by atoms with Crippen LogP contribution in [0.1, 0.15) is 64.1 Å². The lowest BCUT2D eigenvalue weighted by atomic mass is 9.86. The van der Waals surface area contributed by atoms with Crippen molar-refractivity contribution in [3.8, 4) is 12.3 Å². The number of H-pyrrole nitrogens is 1. The zero-order valence-electron chi connectivity index (χ0n) is 19.6. The van der Waals surface area contributed by atoms with Crippen LogP contribution in [0.3, 0.4) is 0 Å². The average Bonchev–Trinajstić information content (AvgIpc) is 3.21. The first kappa shape index (κ1) is 22.9. The van der Waals surface area contributed by atoms with Crippen LogP contribution < -0.4 is 16.0 Å². The molecule has 2 aromatic rings. The Kier molecular flexibility index (Phi) is 6.44. The quantitative estimate of drug-likeness (QED) is 0.485. The van der Waals surface area contributed by atoms with Crippen LogP contribution in [-0.2, 0) is 4.79 Å². The molecule has 0 bridgehead atoms. The molecule has 4 N–H and O–H groups in total. The molecule has 172 valence electrons. The number of hydrogen-bond donors (Lipinski definition) is 3. The molecule has 33 heavy (non-hydrogen) atoms. The van der Waals surface area contributed by atoms with Gasteiger partial charge in [0.25, 0.3) is 11.8 Å². The van der Waals surface area contributed by atoms with Crippen LogP contribution in [0.2, 0.25) is 0 Å². The van der Waals surface area contributed by atoms with Crippen molar-refractivity contribution in [1.82, 2.24) is 10.3 Å². The number of carbonyl (C=O) groups excluding carboxylic acids is 2. The van der Waals surface area contributed by atoms with E-state index in [1.165, 1.54) is 5.56 Å². The summed E-state index contributed by atoms with van der Waals surface area (Å²) in [5, 5.41) is 2.71. The van der Waals surface area contributed by atoms with E-state index in [0.29, 0.717) is 23.6 Å². The van der Waals surface area contributed by atoms with Gasteiger partial charge in [0.2, 0.25) is 0 Å². The second-order valence-corrected chi connectivity index (χ2v) is 9.29. The smallest absolute Gasteiger partial charge is 0.259 e. The highest BCUT2D eigenvalue weighted by Gasteiger charge is 2.35. The highest BCUT2D eigenvalue weighted by Crippen LogP contribution is 2.40. The number of aromatic nitrogens is 1. The zero-order chi connectivity index (χ0) is 23.7. The van der Waals surface area contributed by atoms with Crippen LogP contribution in [0.5, 0.6) is 0 Å². The van der Waals surface area contributed by atoms with Gasteiger partial charge in [0, 0.05) is 35.1 Å². The molecule has 1 aliphatic carbocycles. The number of aromatic amines is 1. The number of nitrogens with one attached hydrogen (secondary N) is 2. The van der Waals surface area contributed by atoms with Gasteiger partial charge in [-0.3, -0.25) is 9.59 Å². The first-order valence-electron chi connectivity index (χ1n) is 11.6. The van der Waals surface area contributed by atoms with Crippen LogP contribution in [0.25, 0.3) is 11.6 Å². The van der Waals surface area contributed by atoms with Crippen molar-refractivity contribution < 1.29 is 9.59 Å². The first-order valence-corrected chi connectivity index (χ1v) is 11.6. The fraction of sp³-hybridized carbons (Fsp3) is 0.407. The Morgan fingerprint density at radius 2 is 1.97 bits per heavy atom. The van der Waals surface area contributed by atoms with Gasteiger partial charge < -0.3 is 20.9 Å². The topological polar surface area (TPSA) is 91.2 Å². The third kappa shape index (κ3) is 4.46. The molecule has 0 spiro atoms. The first-order chi connectivity index (χ1) is 15.8. The summed E-state index contributed by atoms with van der Waals surface area (Å²) in [6, 6.07) is 5.72. The fourth-order valence-electron chi connectivity index (χ4n) is 4.84. The lowest BCUT2D eigenvalue weighted by Gasteiger charge is -2.29. The summed E-state index contributed by atoms with van der Waals surface area (Å²) >= 11 is 0. The van der Waals surface area contributed by atoms with Gasteiger partial charge in [-0.15, -0.1) is 6.42 Å². The van der Waals surface area contributed by atoms with Crippen molar-refractivity contribution >= 4 is 29.2 Å². The fourth-order valence-corrected chi connectivity index (χ4v) is 4.84. The normalized spacial score (nSPS) is 21.2. The summed E-state index contributed by atoms with van der Waals surface area (Å²) in [7, 11) is 0.